The van der Waals surface area contributed by atoms with Crippen LogP contribution in [0.4, 0.5) is 0 Å². The van der Waals surface area contributed by atoms with E-state index in [4.69, 9.17) is 10.8 Å². The van der Waals surface area contributed by atoms with Crippen molar-refractivity contribution in [1.82, 2.24) is 4.98 Å². The largest absolute Gasteiger partial charge is 0.480 e. The second kappa shape index (κ2) is 6.11. The van der Waals surface area contributed by atoms with Crippen LogP contribution in [0.1, 0.15) is 12.0 Å². The van der Waals surface area contributed by atoms with E-state index in [0.717, 1.165) is 16.8 Å². The molecule has 1 aromatic carbocycles. The van der Waals surface area contributed by atoms with Crippen molar-refractivity contribution in [2.45, 2.75) is 18.9 Å². The van der Waals surface area contributed by atoms with Gasteiger partial charge in [-0.05, 0) is 30.5 Å². The first kappa shape index (κ1) is 13.2. The van der Waals surface area contributed by atoms with Crippen LogP contribution in [0.5, 0.6) is 0 Å². The molecule has 0 radical (unpaired) electrons. The van der Waals surface area contributed by atoms with E-state index in [9.17, 15) is 4.79 Å². The minimum absolute atomic E-state index is 0.443. The molecule has 4 heteroatoms. The summed E-state index contributed by atoms with van der Waals surface area (Å²) in [5, 5.41) is 8.72. The summed E-state index contributed by atoms with van der Waals surface area (Å²) in [7, 11) is 0. The van der Waals surface area contributed by atoms with Crippen LogP contribution in [0.2, 0.25) is 0 Å². The Morgan fingerprint density at radius 3 is 2.53 bits per heavy atom. The van der Waals surface area contributed by atoms with Gasteiger partial charge in [0.15, 0.2) is 0 Å². The number of aliphatic carboxylic acids is 1. The quantitative estimate of drug-likeness (QED) is 0.858. The van der Waals surface area contributed by atoms with Gasteiger partial charge in [-0.15, -0.1) is 0 Å². The average molecular weight is 256 g/mol. The molecule has 0 fully saturated rings. The summed E-state index contributed by atoms with van der Waals surface area (Å²) in [6.07, 6.45) is 2.86. The molecule has 1 heterocycles. The third-order valence-electron chi connectivity index (χ3n) is 2.98. The lowest BCUT2D eigenvalue weighted by Gasteiger charge is -2.07. The molecule has 19 heavy (non-hydrogen) atoms. The molecule has 0 aliphatic rings. The summed E-state index contributed by atoms with van der Waals surface area (Å²) in [5.41, 5.74) is 8.53. The maximum Gasteiger partial charge on any atom is 0.320 e. The van der Waals surface area contributed by atoms with E-state index in [1.807, 2.05) is 42.5 Å². The lowest BCUT2D eigenvalue weighted by atomic mass is 10.0. The Hall–Kier alpha value is -2.20. The van der Waals surface area contributed by atoms with Crippen molar-refractivity contribution in [3.8, 4) is 11.3 Å². The van der Waals surface area contributed by atoms with Crippen molar-refractivity contribution in [1.29, 1.82) is 0 Å². The second-order valence-corrected chi connectivity index (χ2v) is 4.40. The fraction of sp³-hybridized carbons (Fsp3) is 0.200. The Kier molecular flexibility index (Phi) is 4.26. The predicted molar refractivity (Wildman–Crippen MR) is 73.6 cm³/mol. The molecule has 0 aliphatic heterocycles. The molecule has 0 bridgehead atoms. The SMILES string of the molecule is NC(CCc1ccc(-c2ccccn2)cc1)C(=O)O. The summed E-state index contributed by atoms with van der Waals surface area (Å²) in [6, 6.07) is 12.9. The molecule has 3 N–H and O–H groups in total. The minimum atomic E-state index is -0.954. The number of carbonyl (C=O) groups is 1. The molecule has 0 saturated carbocycles. The number of nitrogens with two attached hydrogens (primary N) is 1. The minimum Gasteiger partial charge on any atom is -0.480 e. The number of rotatable bonds is 5. The van der Waals surface area contributed by atoms with Gasteiger partial charge in [-0.25, -0.2) is 0 Å². The number of aryl methyl sites for hydroxylation is 1. The summed E-state index contributed by atoms with van der Waals surface area (Å²) >= 11 is 0. The van der Waals surface area contributed by atoms with Gasteiger partial charge in [0.1, 0.15) is 6.04 Å². The van der Waals surface area contributed by atoms with Crippen molar-refractivity contribution in [3.05, 3.63) is 54.2 Å². The van der Waals surface area contributed by atoms with Gasteiger partial charge in [-0.3, -0.25) is 9.78 Å². The lowest BCUT2D eigenvalue weighted by molar-refractivity contribution is -0.138. The first-order valence-electron chi connectivity index (χ1n) is 6.15. The highest BCUT2D eigenvalue weighted by atomic mass is 16.4. The van der Waals surface area contributed by atoms with Gasteiger partial charge < -0.3 is 10.8 Å². The number of benzene rings is 1. The standard InChI is InChI=1S/C15H16N2O2/c16-13(15(18)19)9-6-11-4-7-12(8-5-11)14-3-1-2-10-17-14/h1-5,7-8,10,13H,6,9,16H2,(H,18,19). The van der Waals surface area contributed by atoms with Gasteiger partial charge in [0.05, 0.1) is 5.69 Å². The monoisotopic (exact) mass is 256 g/mol. The van der Waals surface area contributed by atoms with Gasteiger partial charge in [0.25, 0.3) is 0 Å². The number of carboxylic acid groups (broad SMARTS) is 1. The molecule has 0 saturated heterocycles. The molecule has 0 amide bonds. The molecule has 4 nitrogen and oxygen atoms in total. The molecule has 0 spiro atoms. The van der Waals surface area contributed by atoms with Crippen LogP contribution in [0.3, 0.4) is 0 Å². The maximum atomic E-state index is 10.6. The molecule has 2 aromatic rings. The van der Waals surface area contributed by atoms with Crippen LogP contribution in [0.15, 0.2) is 48.7 Å². The van der Waals surface area contributed by atoms with Crippen molar-refractivity contribution in [2.24, 2.45) is 5.73 Å². The van der Waals surface area contributed by atoms with Crippen molar-refractivity contribution < 1.29 is 9.90 Å². The Morgan fingerprint density at radius 1 is 1.21 bits per heavy atom. The zero-order chi connectivity index (χ0) is 13.7. The van der Waals surface area contributed by atoms with Crippen LogP contribution in [0.25, 0.3) is 11.3 Å². The van der Waals surface area contributed by atoms with Gasteiger partial charge in [-0.1, -0.05) is 30.3 Å². The number of hydrogen-bond donors (Lipinski definition) is 2. The van der Waals surface area contributed by atoms with Gasteiger partial charge in [0.2, 0.25) is 0 Å². The highest BCUT2D eigenvalue weighted by Crippen LogP contribution is 2.17. The lowest BCUT2D eigenvalue weighted by Crippen LogP contribution is -2.30. The summed E-state index contributed by atoms with van der Waals surface area (Å²) in [4.78, 5) is 14.9. The Bertz CT molecular complexity index is 538. The number of carboxylic acids is 1. The number of aromatic nitrogens is 1. The number of hydrogen-bond acceptors (Lipinski definition) is 3. The van der Waals surface area contributed by atoms with Gasteiger partial charge >= 0.3 is 5.97 Å². The predicted octanol–water partition coefficient (Wildman–Crippen LogP) is 2.09. The van der Waals surface area contributed by atoms with Gasteiger partial charge in [0, 0.05) is 11.8 Å². The van der Waals surface area contributed by atoms with E-state index in [2.05, 4.69) is 4.98 Å². The van der Waals surface area contributed by atoms with Crippen molar-refractivity contribution >= 4 is 5.97 Å². The maximum absolute atomic E-state index is 10.6. The fourth-order valence-electron chi connectivity index (χ4n) is 1.82. The van der Waals surface area contributed by atoms with Crippen LogP contribution in [-0.2, 0) is 11.2 Å². The third kappa shape index (κ3) is 3.63. The highest BCUT2D eigenvalue weighted by molar-refractivity contribution is 5.73. The van der Waals surface area contributed by atoms with E-state index >= 15 is 0 Å². The zero-order valence-electron chi connectivity index (χ0n) is 10.5. The van der Waals surface area contributed by atoms with Crippen LogP contribution in [-0.4, -0.2) is 22.1 Å². The summed E-state index contributed by atoms with van der Waals surface area (Å²) < 4.78 is 0. The first-order valence-corrected chi connectivity index (χ1v) is 6.15. The van der Waals surface area contributed by atoms with E-state index < -0.39 is 12.0 Å². The Balaban J connectivity index is 2.01. The molecular weight excluding hydrogens is 240 g/mol. The smallest absolute Gasteiger partial charge is 0.320 e. The normalized spacial score (nSPS) is 12.1. The third-order valence-corrected chi connectivity index (χ3v) is 2.98. The second-order valence-electron chi connectivity index (χ2n) is 4.40. The topological polar surface area (TPSA) is 76.2 Å². The van der Waals surface area contributed by atoms with Crippen LogP contribution < -0.4 is 5.73 Å². The van der Waals surface area contributed by atoms with E-state index in [1.165, 1.54) is 0 Å². The van der Waals surface area contributed by atoms with E-state index in [1.54, 1.807) is 6.20 Å². The average Bonchev–Trinajstić information content (AvgIpc) is 2.46. The van der Waals surface area contributed by atoms with Gasteiger partial charge in [-0.2, -0.15) is 0 Å². The Labute approximate surface area is 111 Å². The van der Waals surface area contributed by atoms with Crippen molar-refractivity contribution in [2.75, 3.05) is 0 Å². The molecule has 1 aromatic heterocycles. The van der Waals surface area contributed by atoms with Crippen LogP contribution in [0, 0.1) is 0 Å². The molecule has 2 rings (SSSR count). The number of pyridine rings is 1. The molecular formula is C15H16N2O2. The van der Waals surface area contributed by atoms with E-state index in [-0.39, 0.29) is 0 Å². The Morgan fingerprint density at radius 2 is 1.95 bits per heavy atom. The molecule has 1 atom stereocenters. The van der Waals surface area contributed by atoms with Crippen molar-refractivity contribution in [3.63, 3.8) is 0 Å². The fourth-order valence-corrected chi connectivity index (χ4v) is 1.82. The molecule has 1 unspecified atom stereocenters. The summed E-state index contributed by atoms with van der Waals surface area (Å²) in [5.74, 6) is -0.954. The summed E-state index contributed by atoms with van der Waals surface area (Å²) in [6.45, 7) is 0. The molecule has 0 aliphatic carbocycles. The van der Waals surface area contributed by atoms with E-state index in [0.29, 0.717) is 12.8 Å². The first-order chi connectivity index (χ1) is 9.16. The molecule has 98 valence electrons. The number of nitrogens with zero attached hydrogens (tertiary/aromatic N) is 1. The zero-order valence-corrected chi connectivity index (χ0v) is 10.5. The van der Waals surface area contributed by atoms with Crippen LogP contribution >= 0.6 is 0 Å². The highest BCUT2D eigenvalue weighted by Gasteiger charge is 2.10.